The van der Waals surface area contributed by atoms with E-state index in [0.717, 1.165) is 12.2 Å². The quantitative estimate of drug-likeness (QED) is 0.737. The number of hydrogen-bond acceptors (Lipinski definition) is 2. The molecule has 0 bridgehead atoms. The molecule has 2 atom stereocenters. The first-order chi connectivity index (χ1) is 6.77. The van der Waals surface area contributed by atoms with Crippen molar-refractivity contribution < 1.29 is 9.21 Å². The molecule has 2 unspecified atom stereocenters. The molecule has 1 fully saturated rings. The van der Waals surface area contributed by atoms with Crippen LogP contribution in [-0.4, -0.2) is 5.78 Å². The van der Waals surface area contributed by atoms with Crippen molar-refractivity contribution in [3.63, 3.8) is 0 Å². The maximum atomic E-state index is 11.9. The molecule has 0 saturated heterocycles. The van der Waals surface area contributed by atoms with Gasteiger partial charge in [0.25, 0.3) is 0 Å². The monoisotopic (exact) mass is 192 g/mol. The van der Waals surface area contributed by atoms with Crippen LogP contribution in [0.2, 0.25) is 0 Å². The smallest absolute Gasteiger partial charge is 0.143 e. The van der Waals surface area contributed by atoms with E-state index in [1.807, 2.05) is 12.1 Å². The summed E-state index contributed by atoms with van der Waals surface area (Å²) in [6.07, 6.45) is 5.58. The second-order valence-corrected chi connectivity index (χ2v) is 4.24. The summed E-state index contributed by atoms with van der Waals surface area (Å²) in [5.74, 6) is 2.00. The van der Waals surface area contributed by atoms with Gasteiger partial charge in [0.05, 0.1) is 12.7 Å². The molecule has 1 aliphatic carbocycles. The van der Waals surface area contributed by atoms with Crippen molar-refractivity contribution in [3.8, 4) is 0 Å². The van der Waals surface area contributed by atoms with E-state index in [2.05, 4.69) is 6.92 Å². The zero-order valence-electron chi connectivity index (χ0n) is 8.53. The lowest BCUT2D eigenvalue weighted by Crippen LogP contribution is -2.18. The summed E-state index contributed by atoms with van der Waals surface area (Å²) in [5.41, 5.74) is 0. The molecule has 0 aliphatic heterocycles. The Morgan fingerprint density at radius 2 is 2.43 bits per heavy atom. The molecule has 76 valence electrons. The van der Waals surface area contributed by atoms with Crippen molar-refractivity contribution >= 4 is 5.78 Å². The maximum absolute atomic E-state index is 11.9. The van der Waals surface area contributed by atoms with Gasteiger partial charge in [-0.25, -0.2) is 0 Å². The minimum Gasteiger partial charge on any atom is -0.469 e. The normalized spacial score (nSPS) is 26.6. The summed E-state index contributed by atoms with van der Waals surface area (Å²) >= 11 is 0. The zero-order valence-corrected chi connectivity index (χ0v) is 8.53. The largest absolute Gasteiger partial charge is 0.469 e. The summed E-state index contributed by atoms with van der Waals surface area (Å²) in [5, 5.41) is 0. The highest BCUT2D eigenvalue weighted by atomic mass is 16.3. The lowest BCUT2D eigenvalue weighted by atomic mass is 9.91. The van der Waals surface area contributed by atoms with Crippen molar-refractivity contribution in [3.05, 3.63) is 24.2 Å². The van der Waals surface area contributed by atoms with Crippen LogP contribution in [0.25, 0.3) is 0 Å². The first-order valence-corrected chi connectivity index (χ1v) is 5.32. The molecule has 2 rings (SSSR count). The summed E-state index contributed by atoms with van der Waals surface area (Å²) in [7, 11) is 0. The first-order valence-electron chi connectivity index (χ1n) is 5.32. The molecular formula is C12H16O2. The van der Waals surface area contributed by atoms with Gasteiger partial charge in [-0.3, -0.25) is 4.79 Å². The maximum Gasteiger partial charge on any atom is 0.143 e. The number of Topliss-reactive ketones (excluding diaryl/α,β-unsaturated/α-hetero) is 1. The van der Waals surface area contributed by atoms with E-state index in [1.165, 1.54) is 12.8 Å². The molecule has 0 amide bonds. The predicted molar refractivity (Wildman–Crippen MR) is 53.9 cm³/mol. The summed E-state index contributed by atoms with van der Waals surface area (Å²) in [4.78, 5) is 11.9. The van der Waals surface area contributed by atoms with Crippen LogP contribution in [-0.2, 0) is 11.2 Å². The Kier molecular flexibility index (Phi) is 2.71. The average Bonchev–Trinajstić information content (AvgIpc) is 2.75. The number of furan rings is 1. The number of rotatable bonds is 3. The Morgan fingerprint density at radius 1 is 1.57 bits per heavy atom. The van der Waals surface area contributed by atoms with E-state index in [4.69, 9.17) is 4.42 Å². The summed E-state index contributed by atoms with van der Waals surface area (Å²) in [6.45, 7) is 2.18. The Bertz CT molecular complexity index is 300. The van der Waals surface area contributed by atoms with E-state index >= 15 is 0 Å². The van der Waals surface area contributed by atoms with Crippen LogP contribution in [0, 0.1) is 11.8 Å². The number of hydrogen-bond donors (Lipinski definition) is 0. The highest BCUT2D eigenvalue weighted by Gasteiger charge is 2.29. The molecule has 1 aromatic heterocycles. The molecule has 0 aromatic carbocycles. The highest BCUT2D eigenvalue weighted by molar-refractivity contribution is 5.83. The molecule has 1 heterocycles. The summed E-state index contributed by atoms with van der Waals surface area (Å²) < 4.78 is 5.18. The first kappa shape index (κ1) is 9.50. The third kappa shape index (κ3) is 1.89. The van der Waals surface area contributed by atoms with E-state index in [9.17, 15) is 4.79 Å². The molecule has 0 radical (unpaired) electrons. The fraction of sp³-hybridized carbons (Fsp3) is 0.583. The average molecular weight is 192 g/mol. The molecule has 2 heteroatoms. The minimum atomic E-state index is 0.278. The van der Waals surface area contributed by atoms with E-state index < -0.39 is 0 Å². The van der Waals surface area contributed by atoms with Crippen LogP contribution >= 0.6 is 0 Å². The van der Waals surface area contributed by atoms with Gasteiger partial charge >= 0.3 is 0 Å². The number of carbonyl (C=O) groups excluding carboxylic acids is 1. The van der Waals surface area contributed by atoms with Crippen molar-refractivity contribution in [2.45, 2.75) is 32.6 Å². The highest BCUT2D eigenvalue weighted by Crippen LogP contribution is 2.32. The third-order valence-corrected chi connectivity index (χ3v) is 3.20. The molecular weight excluding hydrogens is 176 g/mol. The second-order valence-electron chi connectivity index (χ2n) is 4.24. The van der Waals surface area contributed by atoms with Crippen LogP contribution in [0.3, 0.4) is 0 Å². The number of carbonyl (C=O) groups is 1. The molecule has 1 saturated carbocycles. The second kappa shape index (κ2) is 3.99. The molecule has 2 nitrogen and oxygen atoms in total. The zero-order chi connectivity index (χ0) is 9.97. The SMILES string of the molecule is CC1CCCC1C(=O)Cc1ccco1. The van der Waals surface area contributed by atoms with Gasteiger partial charge in [0.2, 0.25) is 0 Å². The van der Waals surface area contributed by atoms with Crippen molar-refractivity contribution in [1.29, 1.82) is 0 Å². The van der Waals surface area contributed by atoms with Crippen LogP contribution in [0.1, 0.15) is 31.9 Å². The van der Waals surface area contributed by atoms with Crippen LogP contribution in [0.5, 0.6) is 0 Å². The van der Waals surface area contributed by atoms with Gasteiger partial charge in [-0.2, -0.15) is 0 Å². The topological polar surface area (TPSA) is 30.2 Å². The van der Waals surface area contributed by atoms with E-state index in [0.29, 0.717) is 18.1 Å². The molecule has 0 N–H and O–H groups in total. The molecule has 1 aliphatic rings. The predicted octanol–water partition coefficient (Wildman–Crippen LogP) is 2.83. The van der Waals surface area contributed by atoms with Gasteiger partial charge in [-0.15, -0.1) is 0 Å². The number of ketones is 1. The Morgan fingerprint density at radius 3 is 3.00 bits per heavy atom. The van der Waals surface area contributed by atoms with Gasteiger partial charge in [-0.1, -0.05) is 13.3 Å². The van der Waals surface area contributed by atoms with Gasteiger partial charge in [0, 0.05) is 5.92 Å². The lowest BCUT2D eigenvalue weighted by Gasteiger charge is -2.12. The Labute approximate surface area is 84.3 Å². The molecule has 0 spiro atoms. The standard InChI is InChI=1S/C12H16O2/c1-9-4-2-6-11(9)12(13)8-10-5-3-7-14-10/h3,5,7,9,11H,2,4,6,8H2,1H3. The Hall–Kier alpha value is -1.05. The Balaban J connectivity index is 1.95. The van der Waals surface area contributed by atoms with Gasteiger partial charge in [0.15, 0.2) is 0 Å². The van der Waals surface area contributed by atoms with Crippen molar-refractivity contribution in [1.82, 2.24) is 0 Å². The molecule has 1 aromatic rings. The van der Waals surface area contributed by atoms with Gasteiger partial charge in [0.1, 0.15) is 11.5 Å². The fourth-order valence-electron chi connectivity index (χ4n) is 2.34. The minimum absolute atomic E-state index is 0.278. The van der Waals surface area contributed by atoms with Crippen molar-refractivity contribution in [2.75, 3.05) is 0 Å². The third-order valence-electron chi connectivity index (χ3n) is 3.20. The summed E-state index contributed by atoms with van der Waals surface area (Å²) in [6, 6.07) is 3.71. The van der Waals surface area contributed by atoms with Crippen LogP contribution < -0.4 is 0 Å². The van der Waals surface area contributed by atoms with Crippen LogP contribution in [0.15, 0.2) is 22.8 Å². The lowest BCUT2D eigenvalue weighted by molar-refractivity contribution is -0.123. The fourth-order valence-corrected chi connectivity index (χ4v) is 2.34. The molecule has 14 heavy (non-hydrogen) atoms. The van der Waals surface area contributed by atoms with Gasteiger partial charge in [-0.05, 0) is 30.9 Å². The van der Waals surface area contributed by atoms with Crippen LogP contribution in [0.4, 0.5) is 0 Å². The van der Waals surface area contributed by atoms with Crippen molar-refractivity contribution in [2.24, 2.45) is 11.8 Å². The van der Waals surface area contributed by atoms with Gasteiger partial charge < -0.3 is 4.42 Å². The van der Waals surface area contributed by atoms with E-state index in [-0.39, 0.29) is 5.92 Å². The van der Waals surface area contributed by atoms with E-state index in [1.54, 1.807) is 6.26 Å².